The maximum absolute atomic E-state index is 11.9. The van der Waals surface area contributed by atoms with Gasteiger partial charge < -0.3 is 14.8 Å². The summed E-state index contributed by atoms with van der Waals surface area (Å²) in [6, 6.07) is 7.08. The zero-order chi connectivity index (χ0) is 18.1. The molecule has 7 heteroatoms. The number of nitriles is 1. The highest BCUT2D eigenvalue weighted by Crippen LogP contribution is 2.07. The molecule has 0 aliphatic rings. The SMILES string of the molecule is COC(=O)[C@@H](CC(C)C)NC(=O)COC(=O)c1cccc(C#N)c1. The quantitative estimate of drug-likeness (QED) is 0.757. The second kappa shape index (κ2) is 9.30. The van der Waals surface area contributed by atoms with Crippen LogP contribution in [0.5, 0.6) is 0 Å². The Morgan fingerprint density at radius 2 is 2.00 bits per heavy atom. The lowest BCUT2D eigenvalue weighted by atomic mass is 10.0. The van der Waals surface area contributed by atoms with Crippen LogP contribution in [0, 0.1) is 17.2 Å². The predicted octanol–water partition coefficient (Wildman–Crippen LogP) is 1.42. The molecule has 0 aliphatic carbocycles. The van der Waals surface area contributed by atoms with E-state index in [4.69, 9.17) is 10.00 Å². The summed E-state index contributed by atoms with van der Waals surface area (Å²) >= 11 is 0. The fraction of sp³-hybridized carbons (Fsp3) is 0.412. The van der Waals surface area contributed by atoms with E-state index in [1.165, 1.54) is 19.2 Å². The Balaban J connectivity index is 2.59. The number of nitrogens with zero attached hydrogens (tertiary/aromatic N) is 1. The van der Waals surface area contributed by atoms with Crippen LogP contribution in [0.25, 0.3) is 0 Å². The van der Waals surface area contributed by atoms with Crippen LogP contribution in [0.4, 0.5) is 0 Å². The lowest BCUT2D eigenvalue weighted by molar-refractivity contribution is -0.145. The molecule has 1 atom stereocenters. The van der Waals surface area contributed by atoms with Crippen molar-refractivity contribution in [2.75, 3.05) is 13.7 Å². The molecule has 0 heterocycles. The number of nitrogens with one attached hydrogen (secondary N) is 1. The summed E-state index contributed by atoms with van der Waals surface area (Å²) in [5.74, 6) is -1.70. The Morgan fingerprint density at radius 1 is 1.29 bits per heavy atom. The summed E-state index contributed by atoms with van der Waals surface area (Å²) in [6.07, 6.45) is 0.413. The van der Waals surface area contributed by atoms with Gasteiger partial charge in [0, 0.05) is 0 Å². The van der Waals surface area contributed by atoms with E-state index in [2.05, 4.69) is 10.1 Å². The minimum atomic E-state index is -0.789. The highest BCUT2D eigenvalue weighted by molar-refractivity contribution is 5.92. The summed E-state index contributed by atoms with van der Waals surface area (Å²) in [5.41, 5.74) is 0.491. The molecule has 7 nitrogen and oxygen atoms in total. The van der Waals surface area contributed by atoms with Gasteiger partial charge in [-0.1, -0.05) is 19.9 Å². The molecule has 24 heavy (non-hydrogen) atoms. The summed E-state index contributed by atoms with van der Waals surface area (Å²) in [4.78, 5) is 35.4. The van der Waals surface area contributed by atoms with Crippen molar-refractivity contribution in [2.24, 2.45) is 5.92 Å². The molecule has 1 N–H and O–H groups in total. The van der Waals surface area contributed by atoms with E-state index in [1.807, 2.05) is 19.9 Å². The van der Waals surface area contributed by atoms with Crippen LogP contribution in [-0.4, -0.2) is 37.6 Å². The summed E-state index contributed by atoms with van der Waals surface area (Å²) in [5, 5.41) is 11.3. The van der Waals surface area contributed by atoms with Crippen molar-refractivity contribution in [1.29, 1.82) is 5.26 Å². The van der Waals surface area contributed by atoms with Crippen LogP contribution in [0.15, 0.2) is 24.3 Å². The Hall–Kier alpha value is -2.88. The minimum absolute atomic E-state index is 0.172. The molecule has 1 rings (SSSR count). The first-order valence-corrected chi connectivity index (χ1v) is 7.41. The first-order valence-electron chi connectivity index (χ1n) is 7.41. The Kier molecular flexibility index (Phi) is 7.43. The van der Waals surface area contributed by atoms with E-state index in [9.17, 15) is 14.4 Å². The Morgan fingerprint density at radius 3 is 2.58 bits per heavy atom. The first kappa shape index (κ1) is 19.2. The third-order valence-electron chi connectivity index (χ3n) is 3.09. The van der Waals surface area contributed by atoms with Gasteiger partial charge in [-0.15, -0.1) is 0 Å². The van der Waals surface area contributed by atoms with Gasteiger partial charge in [-0.3, -0.25) is 4.79 Å². The molecule has 0 spiro atoms. The molecule has 1 aromatic rings. The molecule has 0 aliphatic heterocycles. The van der Waals surface area contributed by atoms with Crippen molar-refractivity contribution < 1.29 is 23.9 Å². The van der Waals surface area contributed by atoms with Crippen LogP contribution in [0.3, 0.4) is 0 Å². The summed E-state index contributed by atoms with van der Waals surface area (Å²) in [6.45, 7) is 3.29. The van der Waals surface area contributed by atoms with Crippen LogP contribution in [-0.2, 0) is 19.1 Å². The average molecular weight is 332 g/mol. The van der Waals surface area contributed by atoms with Gasteiger partial charge >= 0.3 is 11.9 Å². The molecule has 0 unspecified atom stereocenters. The zero-order valence-electron chi connectivity index (χ0n) is 13.9. The van der Waals surface area contributed by atoms with E-state index in [-0.39, 0.29) is 11.5 Å². The predicted molar refractivity (Wildman–Crippen MR) is 84.8 cm³/mol. The minimum Gasteiger partial charge on any atom is -0.467 e. The molecule has 128 valence electrons. The number of hydrogen-bond acceptors (Lipinski definition) is 6. The maximum atomic E-state index is 11.9. The number of methoxy groups -OCH3 is 1. The van der Waals surface area contributed by atoms with Crippen LogP contribution in [0.2, 0.25) is 0 Å². The van der Waals surface area contributed by atoms with Crippen LogP contribution >= 0.6 is 0 Å². The molecule has 0 fully saturated rings. The van der Waals surface area contributed by atoms with Crippen molar-refractivity contribution in [1.82, 2.24) is 5.32 Å². The number of amides is 1. The highest BCUT2D eigenvalue weighted by Gasteiger charge is 2.23. The standard InChI is InChI=1S/C17H20N2O5/c1-11(2)7-14(17(22)23-3)19-15(20)10-24-16(21)13-6-4-5-12(8-13)9-18/h4-6,8,11,14H,7,10H2,1-3H3,(H,19,20)/t14-/m1/s1. The highest BCUT2D eigenvalue weighted by atomic mass is 16.5. The van der Waals surface area contributed by atoms with E-state index >= 15 is 0 Å². The van der Waals surface area contributed by atoms with Gasteiger partial charge in [-0.25, -0.2) is 9.59 Å². The fourth-order valence-electron chi connectivity index (χ4n) is 1.99. The van der Waals surface area contributed by atoms with Gasteiger partial charge in [0.15, 0.2) is 6.61 Å². The van der Waals surface area contributed by atoms with E-state index in [0.717, 1.165) is 0 Å². The molecule has 0 bridgehead atoms. The summed E-state index contributed by atoms with van der Waals surface area (Å²) in [7, 11) is 1.24. The average Bonchev–Trinajstić information content (AvgIpc) is 2.57. The molecule has 0 saturated heterocycles. The van der Waals surface area contributed by atoms with Crippen molar-refractivity contribution >= 4 is 17.8 Å². The van der Waals surface area contributed by atoms with Crippen molar-refractivity contribution in [3.63, 3.8) is 0 Å². The third-order valence-corrected chi connectivity index (χ3v) is 3.09. The van der Waals surface area contributed by atoms with Crippen LogP contribution in [0.1, 0.15) is 36.2 Å². The van der Waals surface area contributed by atoms with Gasteiger partial charge in [0.2, 0.25) is 0 Å². The Labute approximate surface area is 140 Å². The molecular weight excluding hydrogens is 312 g/mol. The number of hydrogen-bond donors (Lipinski definition) is 1. The number of rotatable bonds is 7. The molecule has 0 aromatic heterocycles. The summed E-state index contributed by atoms with van der Waals surface area (Å²) < 4.78 is 9.54. The largest absolute Gasteiger partial charge is 0.467 e. The molecule has 0 saturated carbocycles. The molecule has 1 amide bonds. The number of carbonyl (C=O) groups is 3. The molecular formula is C17H20N2O5. The van der Waals surface area contributed by atoms with Crippen molar-refractivity contribution in [3.05, 3.63) is 35.4 Å². The number of carbonyl (C=O) groups excluding carboxylic acids is 3. The van der Waals surface area contributed by atoms with E-state index in [1.54, 1.807) is 12.1 Å². The zero-order valence-corrected chi connectivity index (χ0v) is 13.9. The van der Waals surface area contributed by atoms with Crippen molar-refractivity contribution in [3.8, 4) is 6.07 Å². The monoisotopic (exact) mass is 332 g/mol. The third kappa shape index (κ3) is 6.08. The number of ether oxygens (including phenoxy) is 2. The molecule has 1 aromatic carbocycles. The van der Waals surface area contributed by atoms with E-state index < -0.39 is 30.5 Å². The van der Waals surface area contributed by atoms with Gasteiger partial charge in [0.05, 0.1) is 24.3 Å². The van der Waals surface area contributed by atoms with Gasteiger partial charge in [0.25, 0.3) is 5.91 Å². The van der Waals surface area contributed by atoms with E-state index in [0.29, 0.717) is 12.0 Å². The number of esters is 2. The smallest absolute Gasteiger partial charge is 0.338 e. The molecule has 0 radical (unpaired) electrons. The second-order valence-corrected chi connectivity index (χ2v) is 5.54. The lowest BCUT2D eigenvalue weighted by Gasteiger charge is -2.18. The maximum Gasteiger partial charge on any atom is 0.338 e. The first-order chi connectivity index (χ1) is 11.4. The second-order valence-electron chi connectivity index (χ2n) is 5.54. The van der Waals surface area contributed by atoms with Gasteiger partial charge in [0.1, 0.15) is 6.04 Å². The van der Waals surface area contributed by atoms with Gasteiger partial charge in [-0.05, 0) is 30.5 Å². The van der Waals surface area contributed by atoms with Crippen molar-refractivity contribution in [2.45, 2.75) is 26.3 Å². The normalized spacial score (nSPS) is 11.3. The fourth-order valence-corrected chi connectivity index (χ4v) is 1.99. The Bertz CT molecular complexity index is 649. The van der Waals surface area contributed by atoms with Crippen LogP contribution < -0.4 is 5.32 Å². The van der Waals surface area contributed by atoms with Gasteiger partial charge in [-0.2, -0.15) is 5.26 Å². The lowest BCUT2D eigenvalue weighted by Crippen LogP contribution is -2.44. The topological polar surface area (TPSA) is 105 Å². The number of benzene rings is 1.